The van der Waals surface area contributed by atoms with Crippen LogP contribution in [0.5, 0.6) is 0 Å². The summed E-state index contributed by atoms with van der Waals surface area (Å²) in [5, 5.41) is 4.78. The van der Waals surface area contributed by atoms with E-state index in [2.05, 4.69) is 24.1 Å². The topological polar surface area (TPSA) is 59.1 Å². The van der Waals surface area contributed by atoms with Crippen molar-refractivity contribution in [2.24, 2.45) is 0 Å². The standard InChI is InChI=1S/C15H16N2O2S/c1-9(2)11-4-6-12(7-5-11)14(19)17-15-16-13(8-20-15)10(3)18/h4-9H,1-3H3,(H,16,17,19). The van der Waals surface area contributed by atoms with Crippen molar-refractivity contribution in [3.8, 4) is 0 Å². The van der Waals surface area contributed by atoms with Gasteiger partial charge in [0.1, 0.15) is 5.69 Å². The largest absolute Gasteiger partial charge is 0.298 e. The lowest BCUT2D eigenvalue weighted by atomic mass is 10.0. The number of rotatable bonds is 4. The van der Waals surface area contributed by atoms with E-state index in [1.807, 2.05) is 12.1 Å². The third kappa shape index (κ3) is 3.30. The molecule has 1 aromatic carbocycles. The number of hydrogen-bond donors (Lipinski definition) is 1. The number of nitrogens with one attached hydrogen (secondary N) is 1. The van der Waals surface area contributed by atoms with Gasteiger partial charge in [0, 0.05) is 17.9 Å². The molecule has 5 heteroatoms. The van der Waals surface area contributed by atoms with Crippen molar-refractivity contribution >= 4 is 28.2 Å². The third-order valence-electron chi connectivity index (χ3n) is 2.92. The van der Waals surface area contributed by atoms with Gasteiger partial charge in [-0.25, -0.2) is 4.98 Å². The van der Waals surface area contributed by atoms with E-state index in [0.717, 1.165) is 0 Å². The van der Waals surface area contributed by atoms with Crippen LogP contribution in [0.1, 0.15) is 53.1 Å². The molecule has 2 aromatic rings. The number of benzene rings is 1. The normalized spacial score (nSPS) is 10.6. The number of nitrogens with zero attached hydrogens (tertiary/aromatic N) is 1. The van der Waals surface area contributed by atoms with Gasteiger partial charge in [0.15, 0.2) is 10.9 Å². The fraction of sp³-hybridized carbons (Fsp3) is 0.267. The summed E-state index contributed by atoms with van der Waals surface area (Å²) in [7, 11) is 0. The van der Waals surface area contributed by atoms with Crippen LogP contribution in [0, 0.1) is 0 Å². The minimum absolute atomic E-state index is 0.108. The van der Waals surface area contributed by atoms with E-state index in [1.54, 1.807) is 17.5 Å². The van der Waals surface area contributed by atoms with Crippen molar-refractivity contribution in [2.75, 3.05) is 5.32 Å². The summed E-state index contributed by atoms with van der Waals surface area (Å²) in [6.45, 7) is 5.66. The number of ketones is 1. The highest BCUT2D eigenvalue weighted by Crippen LogP contribution is 2.18. The molecule has 2 rings (SSSR count). The van der Waals surface area contributed by atoms with Crippen LogP contribution in [0.25, 0.3) is 0 Å². The first-order valence-electron chi connectivity index (χ1n) is 6.35. The zero-order chi connectivity index (χ0) is 14.7. The van der Waals surface area contributed by atoms with Crippen molar-refractivity contribution in [1.82, 2.24) is 4.98 Å². The average molecular weight is 288 g/mol. The minimum Gasteiger partial charge on any atom is -0.298 e. The van der Waals surface area contributed by atoms with Crippen LogP contribution in [0.4, 0.5) is 5.13 Å². The van der Waals surface area contributed by atoms with Crippen molar-refractivity contribution in [1.29, 1.82) is 0 Å². The molecule has 0 fully saturated rings. The molecule has 4 nitrogen and oxygen atoms in total. The maximum atomic E-state index is 12.0. The predicted octanol–water partition coefficient (Wildman–Crippen LogP) is 3.72. The summed E-state index contributed by atoms with van der Waals surface area (Å²) in [6.07, 6.45) is 0. The fourth-order valence-electron chi connectivity index (χ4n) is 1.68. The average Bonchev–Trinajstić information content (AvgIpc) is 2.87. The predicted molar refractivity (Wildman–Crippen MR) is 80.6 cm³/mol. The van der Waals surface area contributed by atoms with Gasteiger partial charge in [-0.3, -0.25) is 14.9 Å². The molecule has 1 amide bonds. The van der Waals surface area contributed by atoms with E-state index in [-0.39, 0.29) is 11.7 Å². The second-order valence-electron chi connectivity index (χ2n) is 4.82. The minimum atomic E-state index is -0.218. The van der Waals surface area contributed by atoms with E-state index >= 15 is 0 Å². The molecular formula is C15H16N2O2S. The van der Waals surface area contributed by atoms with Crippen LogP contribution >= 0.6 is 11.3 Å². The summed E-state index contributed by atoms with van der Waals surface area (Å²) in [6, 6.07) is 7.49. The molecule has 0 saturated heterocycles. The Labute approximate surface area is 121 Å². The van der Waals surface area contributed by atoms with Crippen LogP contribution < -0.4 is 5.32 Å². The molecule has 0 radical (unpaired) electrons. The molecule has 0 saturated carbocycles. The highest BCUT2D eigenvalue weighted by Gasteiger charge is 2.11. The van der Waals surface area contributed by atoms with E-state index in [0.29, 0.717) is 22.3 Å². The Morgan fingerprint density at radius 2 is 1.85 bits per heavy atom. The number of carbonyl (C=O) groups excluding carboxylic acids is 2. The first-order chi connectivity index (χ1) is 9.47. The Hall–Kier alpha value is -2.01. The highest BCUT2D eigenvalue weighted by atomic mass is 32.1. The number of carbonyl (C=O) groups is 2. The SMILES string of the molecule is CC(=O)c1csc(NC(=O)c2ccc(C(C)C)cc2)n1. The van der Waals surface area contributed by atoms with Crippen LogP contribution in [-0.2, 0) is 0 Å². The van der Waals surface area contributed by atoms with Crippen LogP contribution in [-0.4, -0.2) is 16.7 Å². The Morgan fingerprint density at radius 3 is 2.35 bits per heavy atom. The lowest BCUT2D eigenvalue weighted by Crippen LogP contribution is -2.12. The van der Waals surface area contributed by atoms with Gasteiger partial charge < -0.3 is 0 Å². The first kappa shape index (κ1) is 14.4. The van der Waals surface area contributed by atoms with Crippen molar-refractivity contribution < 1.29 is 9.59 Å². The third-order valence-corrected chi connectivity index (χ3v) is 3.68. The lowest BCUT2D eigenvalue weighted by molar-refractivity contribution is 0.100. The van der Waals surface area contributed by atoms with Gasteiger partial charge in [0.25, 0.3) is 5.91 Å². The van der Waals surface area contributed by atoms with Gasteiger partial charge in [-0.2, -0.15) is 0 Å². The van der Waals surface area contributed by atoms with Crippen LogP contribution in [0.15, 0.2) is 29.6 Å². The number of anilines is 1. The van der Waals surface area contributed by atoms with Crippen molar-refractivity contribution in [3.63, 3.8) is 0 Å². The number of Topliss-reactive ketones (excluding diaryl/α,β-unsaturated/α-hetero) is 1. The summed E-state index contributed by atoms with van der Waals surface area (Å²) >= 11 is 1.25. The van der Waals surface area contributed by atoms with E-state index in [9.17, 15) is 9.59 Å². The second kappa shape index (κ2) is 5.96. The van der Waals surface area contributed by atoms with Gasteiger partial charge in [-0.15, -0.1) is 11.3 Å². The van der Waals surface area contributed by atoms with Gasteiger partial charge in [-0.1, -0.05) is 26.0 Å². The van der Waals surface area contributed by atoms with Crippen molar-refractivity contribution in [3.05, 3.63) is 46.5 Å². The maximum absolute atomic E-state index is 12.0. The van der Waals surface area contributed by atoms with Gasteiger partial charge >= 0.3 is 0 Å². The summed E-state index contributed by atoms with van der Waals surface area (Å²) in [5.74, 6) is 0.108. The Morgan fingerprint density at radius 1 is 1.20 bits per heavy atom. The molecule has 0 unspecified atom stereocenters. The fourth-order valence-corrected chi connectivity index (χ4v) is 2.43. The van der Waals surface area contributed by atoms with E-state index < -0.39 is 0 Å². The second-order valence-corrected chi connectivity index (χ2v) is 5.68. The molecule has 0 spiro atoms. The lowest BCUT2D eigenvalue weighted by Gasteiger charge is -2.06. The molecule has 1 aromatic heterocycles. The van der Waals surface area contributed by atoms with Gasteiger partial charge in [0.05, 0.1) is 0 Å². The summed E-state index contributed by atoms with van der Waals surface area (Å²) < 4.78 is 0. The molecule has 0 aliphatic carbocycles. The monoisotopic (exact) mass is 288 g/mol. The molecule has 104 valence electrons. The zero-order valence-electron chi connectivity index (χ0n) is 11.6. The molecule has 0 atom stereocenters. The van der Waals surface area contributed by atoms with Crippen molar-refractivity contribution in [2.45, 2.75) is 26.7 Å². The molecule has 20 heavy (non-hydrogen) atoms. The van der Waals surface area contributed by atoms with Gasteiger partial charge in [0.2, 0.25) is 0 Å². The number of hydrogen-bond acceptors (Lipinski definition) is 4. The molecule has 0 aliphatic rings. The van der Waals surface area contributed by atoms with Crippen LogP contribution in [0.3, 0.4) is 0 Å². The maximum Gasteiger partial charge on any atom is 0.257 e. The molecule has 0 aliphatic heterocycles. The van der Waals surface area contributed by atoms with Gasteiger partial charge in [-0.05, 0) is 23.6 Å². The Kier molecular flexibility index (Phi) is 4.29. The number of amides is 1. The molecule has 0 bridgehead atoms. The number of aromatic nitrogens is 1. The highest BCUT2D eigenvalue weighted by molar-refractivity contribution is 7.14. The van der Waals surface area contributed by atoms with E-state index in [1.165, 1.54) is 23.8 Å². The molecular weight excluding hydrogens is 272 g/mol. The summed E-state index contributed by atoms with van der Waals surface area (Å²) in [5.41, 5.74) is 2.14. The quantitative estimate of drug-likeness (QED) is 0.872. The summed E-state index contributed by atoms with van der Waals surface area (Å²) in [4.78, 5) is 27.3. The molecule has 1 heterocycles. The Balaban J connectivity index is 2.09. The molecule has 1 N–H and O–H groups in total. The smallest absolute Gasteiger partial charge is 0.257 e. The Bertz CT molecular complexity index is 630. The van der Waals surface area contributed by atoms with E-state index in [4.69, 9.17) is 0 Å². The number of thiazole rings is 1. The first-order valence-corrected chi connectivity index (χ1v) is 7.23. The van der Waals surface area contributed by atoms with Crippen LogP contribution in [0.2, 0.25) is 0 Å². The zero-order valence-corrected chi connectivity index (χ0v) is 12.5.